The lowest BCUT2D eigenvalue weighted by atomic mass is 10.1. The van der Waals surface area contributed by atoms with Gasteiger partial charge in [0.25, 0.3) is 0 Å². The summed E-state index contributed by atoms with van der Waals surface area (Å²) in [6, 6.07) is 8.74. The Hall–Kier alpha value is -1.35. The van der Waals surface area contributed by atoms with Crippen molar-refractivity contribution < 1.29 is 4.79 Å². The predicted octanol–water partition coefficient (Wildman–Crippen LogP) is 2.09. The molecule has 0 aromatic heterocycles. The highest BCUT2D eigenvalue weighted by atomic mass is 16.2. The first-order chi connectivity index (χ1) is 8.66. The van der Waals surface area contributed by atoms with E-state index in [1.807, 2.05) is 17.0 Å². The highest BCUT2D eigenvalue weighted by Gasteiger charge is 2.37. The van der Waals surface area contributed by atoms with Crippen molar-refractivity contribution >= 4 is 11.6 Å². The Kier molecular flexibility index (Phi) is 2.86. The number of carbonyl (C=O) groups excluding carboxylic acids is 1. The van der Waals surface area contributed by atoms with Gasteiger partial charge in [0, 0.05) is 23.7 Å². The highest BCUT2D eigenvalue weighted by molar-refractivity contribution is 5.97. The average molecular weight is 244 g/mol. The molecule has 1 aliphatic carbocycles. The van der Waals surface area contributed by atoms with Crippen LogP contribution in [-0.4, -0.2) is 18.0 Å². The number of nitrogens with two attached hydrogens (primary N) is 1. The van der Waals surface area contributed by atoms with Crippen LogP contribution in [0.15, 0.2) is 24.3 Å². The predicted molar refractivity (Wildman–Crippen MR) is 72.4 cm³/mol. The molecule has 2 aliphatic rings. The zero-order valence-corrected chi connectivity index (χ0v) is 10.8. The Morgan fingerprint density at radius 2 is 2.11 bits per heavy atom. The zero-order valence-electron chi connectivity index (χ0n) is 10.8. The topological polar surface area (TPSA) is 46.3 Å². The average Bonchev–Trinajstić information content (AvgIpc) is 2.91. The molecule has 0 bridgehead atoms. The molecule has 1 aromatic carbocycles. The van der Waals surface area contributed by atoms with E-state index in [1.165, 1.54) is 5.56 Å². The number of carbonyl (C=O) groups is 1. The number of rotatable bonds is 1. The smallest absolute Gasteiger partial charge is 0.230 e. The van der Waals surface area contributed by atoms with E-state index < -0.39 is 0 Å². The first-order valence-corrected chi connectivity index (χ1v) is 6.83. The van der Waals surface area contributed by atoms with Crippen molar-refractivity contribution in [2.75, 3.05) is 4.90 Å². The Balaban J connectivity index is 1.86. The van der Waals surface area contributed by atoms with Crippen LogP contribution in [0.5, 0.6) is 0 Å². The monoisotopic (exact) mass is 244 g/mol. The van der Waals surface area contributed by atoms with E-state index in [0.29, 0.717) is 0 Å². The van der Waals surface area contributed by atoms with Gasteiger partial charge in [-0.3, -0.25) is 4.79 Å². The highest BCUT2D eigenvalue weighted by Crippen LogP contribution is 2.35. The maximum absolute atomic E-state index is 12.6. The molecule has 0 unspecified atom stereocenters. The first kappa shape index (κ1) is 11.7. The Morgan fingerprint density at radius 1 is 1.33 bits per heavy atom. The normalized spacial score (nSPS) is 30.6. The summed E-state index contributed by atoms with van der Waals surface area (Å²) in [5.41, 5.74) is 8.32. The van der Waals surface area contributed by atoms with Crippen LogP contribution >= 0.6 is 0 Å². The molecule has 0 radical (unpaired) electrons. The van der Waals surface area contributed by atoms with Crippen molar-refractivity contribution in [2.45, 2.75) is 44.7 Å². The van der Waals surface area contributed by atoms with Crippen LogP contribution in [-0.2, 0) is 11.2 Å². The van der Waals surface area contributed by atoms with Crippen LogP contribution in [0.1, 0.15) is 31.7 Å². The molecule has 1 heterocycles. The molecule has 1 fully saturated rings. The van der Waals surface area contributed by atoms with Gasteiger partial charge in [-0.15, -0.1) is 0 Å². The summed E-state index contributed by atoms with van der Waals surface area (Å²) < 4.78 is 0. The molecule has 3 heteroatoms. The molecule has 1 saturated carbocycles. The van der Waals surface area contributed by atoms with Gasteiger partial charge in [-0.2, -0.15) is 0 Å². The third kappa shape index (κ3) is 1.83. The molecule has 0 saturated heterocycles. The van der Waals surface area contributed by atoms with E-state index in [9.17, 15) is 4.79 Å². The second-order valence-corrected chi connectivity index (χ2v) is 5.66. The van der Waals surface area contributed by atoms with Crippen LogP contribution in [0.2, 0.25) is 0 Å². The minimum atomic E-state index is 0.133. The third-order valence-electron chi connectivity index (χ3n) is 4.27. The summed E-state index contributed by atoms with van der Waals surface area (Å²) in [6.07, 6.45) is 3.76. The number of fused-ring (bicyclic) bond motifs is 1. The van der Waals surface area contributed by atoms with Crippen LogP contribution in [0.3, 0.4) is 0 Å². The molecule has 18 heavy (non-hydrogen) atoms. The fourth-order valence-electron chi connectivity index (χ4n) is 3.34. The number of para-hydroxylation sites is 1. The molecule has 0 spiro atoms. The second kappa shape index (κ2) is 4.39. The van der Waals surface area contributed by atoms with E-state index in [-0.39, 0.29) is 23.9 Å². The van der Waals surface area contributed by atoms with Crippen LogP contribution in [0, 0.1) is 5.92 Å². The van der Waals surface area contributed by atoms with Gasteiger partial charge < -0.3 is 10.6 Å². The summed E-state index contributed by atoms with van der Waals surface area (Å²) in [7, 11) is 0. The Bertz CT molecular complexity index is 471. The number of benzene rings is 1. The van der Waals surface area contributed by atoms with Crippen molar-refractivity contribution in [1.82, 2.24) is 0 Å². The van der Waals surface area contributed by atoms with Gasteiger partial charge in [-0.1, -0.05) is 18.2 Å². The van der Waals surface area contributed by atoms with Gasteiger partial charge in [0.15, 0.2) is 0 Å². The third-order valence-corrected chi connectivity index (χ3v) is 4.27. The van der Waals surface area contributed by atoms with Gasteiger partial charge in [-0.25, -0.2) is 0 Å². The van der Waals surface area contributed by atoms with Crippen molar-refractivity contribution in [3.63, 3.8) is 0 Å². The minimum Gasteiger partial charge on any atom is -0.328 e. The van der Waals surface area contributed by atoms with E-state index in [2.05, 4.69) is 19.1 Å². The van der Waals surface area contributed by atoms with Gasteiger partial charge in [-0.05, 0) is 44.2 Å². The number of amides is 1. The summed E-state index contributed by atoms with van der Waals surface area (Å²) in [5, 5.41) is 0. The lowest BCUT2D eigenvalue weighted by Gasteiger charge is -2.26. The lowest BCUT2D eigenvalue weighted by Crippen LogP contribution is -2.39. The fraction of sp³-hybridized carbons (Fsp3) is 0.533. The molecule has 1 aromatic rings. The van der Waals surface area contributed by atoms with Crippen LogP contribution < -0.4 is 10.6 Å². The summed E-state index contributed by atoms with van der Waals surface area (Å²) in [6.45, 7) is 2.13. The molecule has 96 valence electrons. The number of nitrogens with zero attached hydrogens (tertiary/aromatic N) is 1. The van der Waals surface area contributed by atoms with Crippen molar-refractivity contribution in [3.05, 3.63) is 29.8 Å². The van der Waals surface area contributed by atoms with Gasteiger partial charge in [0.1, 0.15) is 0 Å². The van der Waals surface area contributed by atoms with E-state index in [4.69, 9.17) is 5.73 Å². The van der Waals surface area contributed by atoms with Crippen molar-refractivity contribution in [1.29, 1.82) is 0 Å². The second-order valence-electron chi connectivity index (χ2n) is 5.66. The maximum Gasteiger partial charge on any atom is 0.230 e. The van der Waals surface area contributed by atoms with Gasteiger partial charge >= 0.3 is 0 Å². The van der Waals surface area contributed by atoms with Crippen molar-refractivity contribution in [3.8, 4) is 0 Å². The van der Waals surface area contributed by atoms with Gasteiger partial charge in [0.2, 0.25) is 5.91 Å². The summed E-state index contributed by atoms with van der Waals surface area (Å²) in [4.78, 5) is 14.6. The standard InChI is InChI=1S/C15H20N2O/c1-10-8-11-4-2-3-5-14(11)17(10)15(18)12-6-7-13(16)9-12/h2-5,10,12-13H,6-9,16H2,1H3/t10-,12+,13-/m1/s1. The number of hydrogen-bond donors (Lipinski definition) is 1. The molecule has 3 nitrogen and oxygen atoms in total. The molecule has 3 rings (SSSR count). The molecular weight excluding hydrogens is 224 g/mol. The molecule has 1 amide bonds. The lowest BCUT2D eigenvalue weighted by molar-refractivity contribution is -0.122. The SMILES string of the molecule is C[C@@H]1Cc2ccccc2N1C(=O)[C@H]1CC[C@@H](N)C1. The quantitative estimate of drug-likeness (QED) is 0.822. The molecule has 2 N–H and O–H groups in total. The largest absolute Gasteiger partial charge is 0.328 e. The van der Waals surface area contributed by atoms with Crippen molar-refractivity contribution in [2.24, 2.45) is 11.7 Å². The minimum absolute atomic E-state index is 0.133. The summed E-state index contributed by atoms with van der Waals surface area (Å²) in [5.74, 6) is 0.411. The maximum atomic E-state index is 12.6. The first-order valence-electron chi connectivity index (χ1n) is 6.83. The van der Waals surface area contributed by atoms with E-state index in [1.54, 1.807) is 0 Å². The molecule has 3 atom stereocenters. The number of anilines is 1. The number of hydrogen-bond acceptors (Lipinski definition) is 2. The Morgan fingerprint density at radius 3 is 2.83 bits per heavy atom. The van der Waals surface area contributed by atoms with E-state index in [0.717, 1.165) is 31.4 Å². The molecule has 1 aliphatic heterocycles. The van der Waals surface area contributed by atoms with Crippen LogP contribution in [0.25, 0.3) is 0 Å². The molecular formula is C15H20N2O. The van der Waals surface area contributed by atoms with Crippen LogP contribution in [0.4, 0.5) is 5.69 Å². The zero-order chi connectivity index (χ0) is 12.7. The summed E-state index contributed by atoms with van der Waals surface area (Å²) >= 11 is 0. The van der Waals surface area contributed by atoms with Gasteiger partial charge in [0.05, 0.1) is 0 Å². The fourth-order valence-corrected chi connectivity index (χ4v) is 3.34. The Labute approximate surface area is 108 Å². The van der Waals surface area contributed by atoms with E-state index >= 15 is 0 Å².